The molecule has 1 aromatic heterocycles. The minimum atomic E-state index is -4.62. The molecule has 0 atom stereocenters. The summed E-state index contributed by atoms with van der Waals surface area (Å²) in [6.45, 7) is 0.211. The summed E-state index contributed by atoms with van der Waals surface area (Å²) in [5, 5.41) is 2.64. The summed E-state index contributed by atoms with van der Waals surface area (Å²) in [6, 6.07) is 9.02. The summed E-state index contributed by atoms with van der Waals surface area (Å²) >= 11 is 0. The Kier molecular flexibility index (Phi) is 5.26. The van der Waals surface area contributed by atoms with Crippen LogP contribution in [0.25, 0.3) is 11.1 Å². The Morgan fingerprint density at radius 2 is 2.00 bits per heavy atom. The zero-order valence-electron chi connectivity index (χ0n) is 16.3. The van der Waals surface area contributed by atoms with Crippen LogP contribution in [-0.4, -0.2) is 24.7 Å². The second kappa shape index (κ2) is 7.90. The van der Waals surface area contributed by atoms with Gasteiger partial charge in [-0.05, 0) is 48.4 Å². The summed E-state index contributed by atoms with van der Waals surface area (Å²) in [4.78, 5) is 18.0. The Labute approximate surface area is 175 Å². The normalized spacial score (nSPS) is 13.1. The van der Waals surface area contributed by atoms with Crippen molar-refractivity contribution >= 4 is 17.4 Å². The Balaban J connectivity index is 1.62. The van der Waals surface area contributed by atoms with Crippen molar-refractivity contribution in [2.24, 2.45) is 0 Å². The number of carbonyl (C=O) groups is 1. The van der Waals surface area contributed by atoms with Crippen molar-refractivity contribution in [2.75, 3.05) is 23.9 Å². The molecule has 0 fully saturated rings. The zero-order valence-corrected chi connectivity index (χ0v) is 16.3. The van der Waals surface area contributed by atoms with Gasteiger partial charge in [-0.15, -0.1) is 0 Å². The highest BCUT2D eigenvalue weighted by molar-refractivity contribution is 6.03. The molecule has 5 nitrogen and oxygen atoms in total. The van der Waals surface area contributed by atoms with E-state index in [-0.39, 0.29) is 23.5 Å². The van der Waals surface area contributed by atoms with Gasteiger partial charge in [0.25, 0.3) is 0 Å². The van der Waals surface area contributed by atoms with Crippen molar-refractivity contribution in [3.05, 3.63) is 71.8 Å². The third kappa shape index (κ3) is 4.03. The van der Waals surface area contributed by atoms with Gasteiger partial charge in [0, 0.05) is 41.4 Å². The molecular weight excluding hydrogens is 414 g/mol. The van der Waals surface area contributed by atoms with Crippen LogP contribution in [0.15, 0.2) is 54.9 Å². The SMILES string of the molecule is COc1cc2c(cc1C(F)(F)F)N(C(=O)Nc1ccc(F)c(-c3cccnc3)c1)CC2. The Hall–Kier alpha value is -3.62. The fourth-order valence-electron chi connectivity index (χ4n) is 3.55. The maximum absolute atomic E-state index is 14.2. The maximum atomic E-state index is 14.2. The van der Waals surface area contributed by atoms with Crippen molar-refractivity contribution < 1.29 is 27.1 Å². The van der Waals surface area contributed by atoms with Crippen LogP contribution in [-0.2, 0) is 12.6 Å². The summed E-state index contributed by atoms with van der Waals surface area (Å²) in [5.41, 5.74) is 0.883. The molecule has 2 heterocycles. The molecule has 0 aliphatic carbocycles. The van der Waals surface area contributed by atoms with Gasteiger partial charge in [0.2, 0.25) is 0 Å². The molecule has 4 rings (SSSR count). The minimum absolute atomic E-state index is 0.167. The number of halogens is 4. The standard InChI is InChI=1S/C22H17F4N3O2/c1-31-20-9-13-6-8-29(19(13)11-17(20)22(24,25)26)21(30)28-15-4-5-18(23)16(10-15)14-3-2-7-27-12-14/h2-5,7,9-12H,6,8H2,1H3,(H,28,30). The first-order valence-corrected chi connectivity index (χ1v) is 9.34. The minimum Gasteiger partial charge on any atom is -0.496 e. The molecule has 0 bridgehead atoms. The van der Waals surface area contributed by atoms with Gasteiger partial charge in [-0.2, -0.15) is 13.2 Å². The van der Waals surface area contributed by atoms with Crippen LogP contribution in [0.4, 0.5) is 33.7 Å². The van der Waals surface area contributed by atoms with Crippen molar-refractivity contribution in [2.45, 2.75) is 12.6 Å². The van der Waals surface area contributed by atoms with Crippen LogP contribution < -0.4 is 15.0 Å². The van der Waals surface area contributed by atoms with E-state index in [1.165, 1.54) is 42.5 Å². The highest BCUT2D eigenvalue weighted by Crippen LogP contribution is 2.42. The van der Waals surface area contributed by atoms with Crippen molar-refractivity contribution in [1.29, 1.82) is 0 Å². The summed E-state index contributed by atoms with van der Waals surface area (Å²) in [6.07, 6.45) is -1.18. The molecule has 31 heavy (non-hydrogen) atoms. The predicted octanol–water partition coefficient (Wildman–Crippen LogP) is 5.51. The molecule has 0 saturated carbocycles. The first-order valence-electron chi connectivity index (χ1n) is 9.34. The first-order chi connectivity index (χ1) is 14.8. The molecule has 0 radical (unpaired) electrons. The summed E-state index contributed by atoms with van der Waals surface area (Å²) in [7, 11) is 1.17. The highest BCUT2D eigenvalue weighted by atomic mass is 19.4. The van der Waals surface area contributed by atoms with Crippen LogP contribution in [0.1, 0.15) is 11.1 Å². The first kappa shape index (κ1) is 20.6. The van der Waals surface area contributed by atoms with Crippen LogP contribution in [0.2, 0.25) is 0 Å². The number of pyridine rings is 1. The Morgan fingerprint density at radius 1 is 1.19 bits per heavy atom. The lowest BCUT2D eigenvalue weighted by Gasteiger charge is -2.20. The van der Waals surface area contributed by atoms with E-state index < -0.39 is 23.6 Å². The number of alkyl halides is 3. The number of urea groups is 1. The highest BCUT2D eigenvalue weighted by Gasteiger charge is 2.37. The van der Waals surface area contributed by atoms with Gasteiger partial charge in [0.05, 0.1) is 12.7 Å². The van der Waals surface area contributed by atoms with Crippen molar-refractivity contribution in [3.8, 4) is 16.9 Å². The van der Waals surface area contributed by atoms with Crippen molar-refractivity contribution in [1.82, 2.24) is 4.98 Å². The molecule has 1 N–H and O–H groups in total. The number of methoxy groups -OCH3 is 1. The smallest absolute Gasteiger partial charge is 0.420 e. The van der Waals surface area contributed by atoms with E-state index in [4.69, 9.17) is 4.74 Å². The van der Waals surface area contributed by atoms with Crippen LogP contribution in [0, 0.1) is 5.82 Å². The lowest BCUT2D eigenvalue weighted by molar-refractivity contribution is -0.138. The molecule has 9 heteroatoms. The monoisotopic (exact) mass is 431 g/mol. The lowest BCUT2D eigenvalue weighted by atomic mass is 10.1. The molecule has 3 aromatic rings. The molecule has 2 aromatic carbocycles. The molecule has 160 valence electrons. The van der Waals surface area contributed by atoms with E-state index >= 15 is 0 Å². The molecule has 1 aliphatic rings. The van der Waals surface area contributed by atoms with Gasteiger partial charge < -0.3 is 10.1 Å². The molecule has 2 amide bonds. The molecule has 0 saturated heterocycles. The van der Waals surface area contributed by atoms with E-state index in [9.17, 15) is 22.4 Å². The molecule has 0 spiro atoms. The number of nitrogens with one attached hydrogen (secondary N) is 1. The maximum Gasteiger partial charge on any atom is 0.420 e. The summed E-state index contributed by atoms with van der Waals surface area (Å²) in [5.74, 6) is -0.771. The Morgan fingerprint density at radius 3 is 2.68 bits per heavy atom. The van der Waals surface area contributed by atoms with Gasteiger partial charge in [-0.25, -0.2) is 9.18 Å². The van der Waals surface area contributed by atoms with E-state index in [1.807, 2.05) is 0 Å². The van der Waals surface area contributed by atoms with Crippen molar-refractivity contribution in [3.63, 3.8) is 0 Å². The number of amides is 2. The van der Waals surface area contributed by atoms with Gasteiger partial charge in [-0.1, -0.05) is 6.07 Å². The number of ether oxygens (including phenoxy) is 1. The van der Waals surface area contributed by atoms with E-state index in [1.54, 1.807) is 18.3 Å². The van der Waals surface area contributed by atoms with Crippen LogP contribution >= 0.6 is 0 Å². The van der Waals surface area contributed by atoms with Gasteiger partial charge in [0.15, 0.2) is 0 Å². The number of benzene rings is 2. The number of fused-ring (bicyclic) bond motifs is 1. The van der Waals surface area contributed by atoms with E-state index in [2.05, 4.69) is 10.3 Å². The topological polar surface area (TPSA) is 54.5 Å². The molecular formula is C22H17F4N3O2. The second-order valence-corrected chi connectivity index (χ2v) is 6.95. The largest absolute Gasteiger partial charge is 0.496 e. The fourth-order valence-corrected chi connectivity index (χ4v) is 3.55. The summed E-state index contributed by atoms with van der Waals surface area (Å²) < 4.78 is 59.3. The number of aromatic nitrogens is 1. The van der Waals surface area contributed by atoms with E-state index in [0.29, 0.717) is 23.2 Å². The fraction of sp³-hybridized carbons (Fsp3) is 0.182. The number of nitrogens with zero attached hydrogens (tertiary/aromatic N) is 2. The third-order valence-corrected chi connectivity index (χ3v) is 5.04. The van der Waals surface area contributed by atoms with Crippen LogP contribution in [0.3, 0.4) is 0 Å². The average molecular weight is 431 g/mol. The quantitative estimate of drug-likeness (QED) is 0.557. The number of anilines is 2. The number of rotatable bonds is 3. The molecule has 1 aliphatic heterocycles. The van der Waals surface area contributed by atoms with Crippen LogP contribution in [0.5, 0.6) is 5.75 Å². The van der Waals surface area contributed by atoms with Gasteiger partial charge >= 0.3 is 12.2 Å². The van der Waals surface area contributed by atoms with E-state index in [0.717, 1.165) is 6.07 Å². The Bertz CT molecular complexity index is 1130. The zero-order chi connectivity index (χ0) is 22.2. The number of hydrogen-bond donors (Lipinski definition) is 1. The van der Waals surface area contributed by atoms with Gasteiger partial charge in [-0.3, -0.25) is 9.88 Å². The average Bonchev–Trinajstić information content (AvgIpc) is 3.17. The lowest BCUT2D eigenvalue weighted by Crippen LogP contribution is -2.33. The molecule has 0 unspecified atom stereocenters. The number of carbonyl (C=O) groups excluding carboxylic acids is 1. The predicted molar refractivity (Wildman–Crippen MR) is 108 cm³/mol. The third-order valence-electron chi connectivity index (χ3n) is 5.04. The van der Waals surface area contributed by atoms with Gasteiger partial charge in [0.1, 0.15) is 11.6 Å². The number of hydrogen-bond acceptors (Lipinski definition) is 3. The second-order valence-electron chi connectivity index (χ2n) is 6.95.